The lowest BCUT2D eigenvalue weighted by Gasteiger charge is -2.41. The second-order valence-electron chi connectivity index (χ2n) is 4.93. The van der Waals surface area contributed by atoms with E-state index in [2.05, 4.69) is 5.32 Å². The van der Waals surface area contributed by atoms with Crippen LogP contribution in [0.2, 0.25) is 0 Å². The second kappa shape index (κ2) is 4.79. The van der Waals surface area contributed by atoms with Gasteiger partial charge in [-0.2, -0.15) is 0 Å². The van der Waals surface area contributed by atoms with Crippen LogP contribution >= 0.6 is 11.8 Å². The van der Waals surface area contributed by atoms with Crippen molar-refractivity contribution in [2.75, 3.05) is 31.3 Å². The summed E-state index contributed by atoms with van der Waals surface area (Å²) < 4.78 is 0. The second-order valence-corrected chi connectivity index (χ2v) is 5.88. The van der Waals surface area contributed by atoms with Crippen molar-refractivity contribution in [2.24, 2.45) is 0 Å². The number of nitrogens with one attached hydrogen (secondary N) is 1. The fourth-order valence-corrected chi connectivity index (χ4v) is 3.03. The minimum Gasteiger partial charge on any atom is -0.352 e. The molecule has 0 bridgehead atoms. The first-order valence-electron chi connectivity index (χ1n) is 5.87. The summed E-state index contributed by atoms with van der Waals surface area (Å²) in [6.45, 7) is 4.48. The molecule has 6 nitrogen and oxygen atoms in total. The summed E-state index contributed by atoms with van der Waals surface area (Å²) in [5, 5.41) is 2.74. The average Bonchev–Trinajstić information content (AvgIpc) is 2.68. The molecule has 2 heterocycles. The SMILES string of the molecule is CC1(C)C(=O)NCCN1C(=O)CN1CSCC1=O. The maximum absolute atomic E-state index is 12.2. The number of carbonyl (C=O) groups is 3. The molecule has 0 aromatic carbocycles. The first kappa shape index (κ1) is 13.2. The summed E-state index contributed by atoms with van der Waals surface area (Å²) in [6, 6.07) is 0. The normalized spacial score (nSPS) is 23.2. The van der Waals surface area contributed by atoms with E-state index in [0.717, 1.165) is 0 Å². The summed E-state index contributed by atoms with van der Waals surface area (Å²) in [4.78, 5) is 38.5. The highest BCUT2D eigenvalue weighted by atomic mass is 32.2. The smallest absolute Gasteiger partial charge is 0.245 e. The predicted octanol–water partition coefficient (Wildman–Crippen LogP) is -0.744. The molecule has 0 aliphatic carbocycles. The van der Waals surface area contributed by atoms with Crippen LogP contribution < -0.4 is 5.32 Å². The van der Waals surface area contributed by atoms with Gasteiger partial charge in [0.2, 0.25) is 17.7 Å². The Labute approximate surface area is 110 Å². The number of nitrogens with zero attached hydrogens (tertiary/aromatic N) is 2. The van der Waals surface area contributed by atoms with Crippen molar-refractivity contribution in [1.29, 1.82) is 0 Å². The van der Waals surface area contributed by atoms with Crippen molar-refractivity contribution in [1.82, 2.24) is 15.1 Å². The van der Waals surface area contributed by atoms with E-state index in [1.165, 1.54) is 16.7 Å². The van der Waals surface area contributed by atoms with Crippen LogP contribution in [0.3, 0.4) is 0 Å². The largest absolute Gasteiger partial charge is 0.352 e. The van der Waals surface area contributed by atoms with E-state index in [1.54, 1.807) is 18.7 Å². The van der Waals surface area contributed by atoms with E-state index in [-0.39, 0.29) is 24.3 Å². The number of rotatable bonds is 2. The molecule has 0 radical (unpaired) electrons. The summed E-state index contributed by atoms with van der Waals surface area (Å²) in [7, 11) is 0. The Balaban J connectivity index is 2.04. The van der Waals surface area contributed by atoms with Crippen LogP contribution in [-0.4, -0.2) is 64.3 Å². The molecule has 100 valence electrons. The van der Waals surface area contributed by atoms with Crippen LogP contribution in [0.4, 0.5) is 0 Å². The first-order valence-corrected chi connectivity index (χ1v) is 7.02. The lowest BCUT2D eigenvalue weighted by molar-refractivity contribution is -0.151. The van der Waals surface area contributed by atoms with Gasteiger partial charge in [-0.25, -0.2) is 0 Å². The topological polar surface area (TPSA) is 69.7 Å². The fraction of sp³-hybridized carbons (Fsp3) is 0.727. The van der Waals surface area contributed by atoms with E-state index >= 15 is 0 Å². The molecular weight excluding hydrogens is 254 g/mol. The van der Waals surface area contributed by atoms with Gasteiger partial charge in [0, 0.05) is 13.1 Å². The molecule has 0 aromatic heterocycles. The quantitative estimate of drug-likeness (QED) is 0.718. The maximum Gasteiger partial charge on any atom is 0.245 e. The van der Waals surface area contributed by atoms with Gasteiger partial charge in [-0.05, 0) is 13.8 Å². The molecule has 7 heteroatoms. The van der Waals surface area contributed by atoms with Gasteiger partial charge >= 0.3 is 0 Å². The molecule has 0 spiro atoms. The van der Waals surface area contributed by atoms with Gasteiger partial charge in [-0.15, -0.1) is 11.8 Å². The van der Waals surface area contributed by atoms with E-state index in [4.69, 9.17) is 0 Å². The van der Waals surface area contributed by atoms with Crippen LogP contribution in [0.15, 0.2) is 0 Å². The molecule has 2 aliphatic rings. The highest BCUT2D eigenvalue weighted by molar-refractivity contribution is 8.00. The van der Waals surface area contributed by atoms with Gasteiger partial charge < -0.3 is 15.1 Å². The third-order valence-electron chi connectivity index (χ3n) is 3.30. The van der Waals surface area contributed by atoms with Crippen LogP contribution in [0, 0.1) is 0 Å². The summed E-state index contributed by atoms with van der Waals surface area (Å²) in [5.74, 6) is 0.685. The number of thioether (sulfide) groups is 1. The minimum absolute atomic E-state index is 0.00684. The van der Waals surface area contributed by atoms with Gasteiger partial charge in [0.15, 0.2) is 0 Å². The van der Waals surface area contributed by atoms with Crippen molar-refractivity contribution < 1.29 is 14.4 Å². The van der Waals surface area contributed by atoms with Crippen LogP contribution in [0.5, 0.6) is 0 Å². The van der Waals surface area contributed by atoms with Crippen molar-refractivity contribution >= 4 is 29.5 Å². The first-order chi connectivity index (χ1) is 8.43. The van der Waals surface area contributed by atoms with Crippen molar-refractivity contribution in [3.05, 3.63) is 0 Å². The molecule has 2 saturated heterocycles. The molecule has 2 aliphatic heterocycles. The summed E-state index contributed by atoms with van der Waals surface area (Å²) in [5.41, 5.74) is -0.842. The van der Waals surface area contributed by atoms with Gasteiger partial charge in [-0.1, -0.05) is 0 Å². The van der Waals surface area contributed by atoms with Crippen LogP contribution in [0.1, 0.15) is 13.8 Å². The highest BCUT2D eigenvalue weighted by Crippen LogP contribution is 2.20. The summed E-state index contributed by atoms with van der Waals surface area (Å²) >= 11 is 1.51. The Bertz CT molecular complexity index is 397. The maximum atomic E-state index is 12.2. The Morgan fingerprint density at radius 1 is 1.44 bits per heavy atom. The van der Waals surface area contributed by atoms with Crippen LogP contribution in [-0.2, 0) is 14.4 Å². The molecule has 2 fully saturated rings. The molecule has 18 heavy (non-hydrogen) atoms. The Morgan fingerprint density at radius 2 is 2.17 bits per heavy atom. The molecule has 0 saturated carbocycles. The zero-order valence-corrected chi connectivity index (χ0v) is 11.4. The van der Waals surface area contributed by atoms with Crippen molar-refractivity contribution in [3.63, 3.8) is 0 Å². The third-order valence-corrected chi connectivity index (χ3v) is 4.25. The molecular formula is C11H17N3O3S. The average molecular weight is 271 g/mol. The van der Waals surface area contributed by atoms with E-state index in [1.807, 2.05) is 0 Å². The summed E-state index contributed by atoms with van der Waals surface area (Å²) in [6.07, 6.45) is 0. The molecule has 0 atom stereocenters. The molecule has 1 N–H and O–H groups in total. The van der Waals surface area contributed by atoms with Crippen LogP contribution in [0.25, 0.3) is 0 Å². The number of hydrogen-bond acceptors (Lipinski definition) is 4. The number of amides is 3. The Morgan fingerprint density at radius 3 is 2.78 bits per heavy atom. The predicted molar refractivity (Wildman–Crippen MR) is 67.8 cm³/mol. The molecule has 0 aromatic rings. The molecule has 2 rings (SSSR count). The number of hydrogen-bond donors (Lipinski definition) is 1. The van der Waals surface area contributed by atoms with Gasteiger partial charge in [0.05, 0.1) is 11.6 Å². The number of piperazine rings is 1. The third kappa shape index (κ3) is 2.31. The van der Waals surface area contributed by atoms with Crippen molar-refractivity contribution in [3.8, 4) is 0 Å². The van der Waals surface area contributed by atoms with E-state index < -0.39 is 5.54 Å². The minimum atomic E-state index is -0.842. The standard InChI is InChI=1S/C11H17N3O3S/c1-11(2)10(17)12-3-4-14(11)8(15)5-13-7-18-6-9(13)16/h3-7H2,1-2H3,(H,12,17). The van der Waals surface area contributed by atoms with E-state index in [0.29, 0.717) is 24.7 Å². The lowest BCUT2D eigenvalue weighted by Crippen LogP contribution is -2.64. The zero-order valence-electron chi connectivity index (χ0n) is 10.6. The van der Waals surface area contributed by atoms with Gasteiger partial charge in [0.1, 0.15) is 12.1 Å². The van der Waals surface area contributed by atoms with Crippen molar-refractivity contribution in [2.45, 2.75) is 19.4 Å². The van der Waals surface area contributed by atoms with E-state index in [9.17, 15) is 14.4 Å². The highest BCUT2D eigenvalue weighted by Gasteiger charge is 2.41. The zero-order chi connectivity index (χ0) is 13.3. The Kier molecular flexibility index (Phi) is 3.52. The Hall–Kier alpha value is -1.24. The monoisotopic (exact) mass is 271 g/mol. The van der Waals surface area contributed by atoms with Gasteiger partial charge in [0.25, 0.3) is 0 Å². The lowest BCUT2D eigenvalue weighted by atomic mass is 9.99. The number of carbonyl (C=O) groups excluding carboxylic acids is 3. The van der Waals surface area contributed by atoms with Gasteiger partial charge in [-0.3, -0.25) is 14.4 Å². The fourth-order valence-electron chi connectivity index (χ4n) is 2.12. The molecule has 0 unspecified atom stereocenters. The molecule has 3 amide bonds.